The molecule has 1 aliphatic heterocycles. The number of nitrogens with zero attached hydrogens (tertiary/aromatic N) is 1. The van der Waals surface area contributed by atoms with Crippen LogP contribution in [0.1, 0.15) is 26.7 Å². The summed E-state index contributed by atoms with van der Waals surface area (Å²) in [6, 6.07) is 0. The van der Waals surface area contributed by atoms with E-state index in [4.69, 9.17) is 10.5 Å². The minimum atomic E-state index is -0.344. The number of carbonyl (C=O) groups excluding carboxylic acids is 1. The van der Waals surface area contributed by atoms with Crippen LogP contribution in [0.4, 0.5) is 0 Å². The van der Waals surface area contributed by atoms with Gasteiger partial charge in [0.05, 0.1) is 12.1 Å². The number of carbonyl (C=O) groups is 1. The fourth-order valence-electron chi connectivity index (χ4n) is 2.55. The number of morpholine rings is 1. The highest BCUT2D eigenvalue weighted by Gasteiger charge is 2.42. The summed E-state index contributed by atoms with van der Waals surface area (Å²) in [7, 11) is 0. The van der Waals surface area contributed by atoms with Gasteiger partial charge < -0.3 is 15.8 Å². The van der Waals surface area contributed by atoms with E-state index < -0.39 is 0 Å². The van der Waals surface area contributed by atoms with Crippen LogP contribution in [0.15, 0.2) is 0 Å². The van der Waals surface area contributed by atoms with Gasteiger partial charge in [0.2, 0.25) is 0 Å². The normalized spacial score (nSPS) is 25.9. The molecular formula is C13H27Cl2N3O2. The fourth-order valence-corrected chi connectivity index (χ4v) is 2.55. The molecule has 0 spiro atoms. The molecule has 0 radical (unpaired) electrons. The van der Waals surface area contributed by atoms with Gasteiger partial charge in [-0.2, -0.15) is 0 Å². The van der Waals surface area contributed by atoms with Crippen molar-refractivity contribution in [2.45, 2.75) is 38.3 Å². The van der Waals surface area contributed by atoms with Crippen molar-refractivity contribution in [3.8, 4) is 0 Å². The second-order valence-electron chi connectivity index (χ2n) is 5.64. The number of hydrogen-bond donors (Lipinski definition) is 2. The maximum Gasteiger partial charge on any atom is 0.250 e. The highest BCUT2D eigenvalue weighted by atomic mass is 35.5. The smallest absolute Gasteiger partial charge is 0.250 e. The predicted octanol–water partition coefficient (Wildman–Crippen LogP) is 0.794. The Bertz CT molecular complexity index is 316. The largest absolute Gasteiger partial charge is 0.366 e. The standard InChI is InChI=1S/C13H25N3O2.2ClH/c1-3-16-6-7-18-11(8-16)12(17)15-13(2,9-14)10-4-5-10;;/h10-11H,3-9,14H2,1-2H3,(H,15,17);2*1H. The molecule has 0 aromatic heterocycles. The van der Waals surface area contributed by atoms with Gasteiger partial charge in [0.15, 0.2) is 0 Å². The van der Waals surface area contributed by atoms with Crippen molar-refractivity contribution >= 4 is 30.7 Å². The third-order valence-electron chi connectivity index (χ3n) is 4.20. The van der Waals surface area contributed by atoms with Crippen molar-refractivity contribution in [2.24, 2.45) is 11.7 Å². The second kappa shape index (κ2) is 8.39. The molecule has 120 valence electrons. The number of rotatable bonds is 5. The van der Waals surface area contributed by atoms with Gasteiger partial charge in [0, 0.05) is 19.6 Å². The number of ether oxygens (including phenoxy) is 1. The minimum Gasteiger partial charge on any atom is -0.366 e. The third-order valence-corrected chi connectivity index (χ3v) is 4.20. The Morgan fingerprint density at radius 3 is 2.60 bits per heavy atom. The van der Waals surface area contributed by atoms with Gasteiger partial charge in [-0.3, -0.25) is 9.69 Å². The molecule has 3 N–H and O–H groups in total. The zero-order valence-corrected chi connectivity index (χ0v) is 13.9. The molecule has 20 heavy (non-hydrogen) atoms. The first-order chi connectivity index (χ1) is 8.59. The van der Waals surface area contributed by atoms with E-state index in [0.717, 1.165) is 13.1 Å². The fraction of sp³-hybridized carbons (Fsp3) is 0.923. The summed E-state index contributed by atoms with van der Waals surface area (Å²) < 4.78 is 5.57. The molecule has 5 nitrogen and oxygen atoms in total. The molecule has 2 rings (SSSR count). The van der Waals surface area contributed by atoms with Crippen molar-refractivity contribution in [2.75, 3.05) is 32.8 Å². The molecule has 2 aliphatic rings. The molecule has 1 saturated heterocycles. The molecule has 2 unspecified atom stereocenters. The van der Waals surface area contributed by atoms with Crippen LogP contribution >= 0.6 is 24.8 Å². The quantitative estimate of drug-likeness (QED) is 0.783. The number of likely N-dealkylation sites (N-methyl/N-ethyl adjacent to an activating group) is 1. The van der Waals surface area contributed by atoms with Crippen LogP contribution in [0.2, 0.25) is 0 Å². The van der Waals surface area contributed by atoms with E-state index in [-0.39, 0.29) is 42.4 Å². The first-order valence-electron chi connectivity index (χ1n) is 6.95. The van der Waals surface area contributed by atoms with Crippen LogP contribution in [0, 0.1) is 5.92 Å². The van der Waals surface area contributed by atoms with Crippen molar-refractivity contribution < 1.29 is 9.53 Å². The lowest BCUT2D eigenvalue weighted by Gasteiger charge is -2.35. The lowest BCUT2D eigenvalue weighted by atomic mass is 9.95. The van der Waals surface area contributed by atoms with Crippen LogP contribution in [0.3, 0.4) is 0 Å². The van der Waals surface area contributed by atoms with Crippen molar-refractivity contribution in [3.05, 3.63) is 0 Å². The Hall–Kier alpha value is -0.0700. The Morgan fingerprint density at radius 1 is 1.45 bits per heavy atom. The predicted molar refractivity (Wildman–Crippen MR) is 84.7 cm³/mol. The molecule has 1 saturated carbocycles. The molecule has 1 aliphatic carbocycles. The molecule has 0 aromatic rings. The van der Waals surface area contributed by atoms with Gasteiger partial charge in [-0.05, 0) is 32.2 Å². The zero-order chi connectivity index (χ0) is 13.2. The SMILES string of the molecule is CCN1CCOC(C(=O)NC(C)(CN)C2CC2)C1.Cl.Cl. The van der Waals surface area contributed by atoms with Gasteiger partial charge in [0.1, 0.15) is 6.10 Å². The summed E-state index contributed by atoms with van der Waals surface area (Å²) in [5.74, 6) is 0.533. The van der Waals surface area contributed by atoms with Gasteiger partial charge >= 0.3 is 0 Å². The molecule has 1 amide bonds. The van der Waals surface area contributed by atoms with Gasteiger partial charge in [0.25, 0.3) is 5.91 Å². The van der Waals surface area contributed by atoms with Crippen LogP contribution in [-0.2, 0) is 9.53 Å². The lowest BCUT2D eigenvalue weighted by molar-refractivity contribution is -0.140. The second-order valence-corrected chi connectivity index (χ2v) is 5.64. The van der Waals surface area contributed by atoms with Crippen molar-refractivity contribution in [1.82, 2.24) is 10.2 Å². The van der Waals surface area contributed by atoms with Crippen LogP contribution in [-0.4, -0.2) is 55.2 Å². The van der Waals surface area contributed by atoms with Gasteiger partial charge in [-0.1, -0.05) is 6.92 Å². The number of amides is 1. The molecule has 0 aromatic carbocycles. The molecule has 2 fully saturated rings. The van der Waals surface area contributed by atoms with E-state index in [9.17, 15) is 4.79 Å². The molecule has 0 bridgehead atoms. The number of halogens is 2. The van der Waals surface area contributed by atoms with Gasteiger partial charge in [-0.15, -0.1) is 24.8 Å². The topological polar surface area (TPSA) is 67.6 Å². The van der Waals surface area contributed by atoms with Crippen LogP contribution in [0.25, 0.3) is 0 Å². The van der Waals surface area contributed by atoms with Crippen molar-refractivity contribution in [1.29, 1.82) is 0 Å². The monoisotopic (exact) mass is 327 g/mol. The first kappa shape index (κ1) is 19.9. The summed E-state index contributed by atoms with van der Waals surface area (Å²) >= 11 is 0. The number of nitrogens with one attached hydrogen (secondary N) is 1. The molecule has 1 heterocycles. The van der Waals surface area contributed by atoms with E-state index in [0.29, 0.717) is 25.6 Å². The van der Waals surface area contributed by atoms with E-state index in [1.54, 1.807) is 0 Å². The summed E-state index contributed by atoms with van der Waals surface area (Å²) in [5.41, 5.74) is 5.56. The number of nitrogens with two attached hydrogens (primary N) is 1. The molecule has 2 atom stereocenters. The zero-order valence-electron chi connectivity index (χ0n) is 12.3. The van der Waals surface area contributed by atoms with E-state index in [1.165, 1.54) is 12.8 Å². The van der Waals surface area contributed by atoms with E-state index >= 15 is 0 Å². The Kier molecular flexibility index (Phi) is 8.36. The van der Waals surface area contributed by atoms with E-state index in [1.807, 2.05) is 6.92 Å². The Morgan fingerprint density at radius 2 is 2.10 bits per heavy atom. The molecule has 7 heteroatoms. The summed E-state index contributed by atoms with van der Waals surface area (Å²) in [4.78, 5) is 14.5. The molecular weight excluding hydrogens is 301 g/mol. The number of hydrogen-bond acceptors (Lipinski definition) is 4. The van der Waals surface area contributed by atoms with Crippen LogP contribution < -0.4 is 11.1 Å². The lowest BCUT2D eigenvalue weighted by Crippen LogP contribution is -2.58. The highest BCUT2D eigenvalue weighted by molar-refractivity contribution is 5.85. The average molecular weight is 328 g/mol. The highest BCUT2D eigenvalue weighted by Crippen LogP contribution is 2.39. The van der Waals surface area contributed by atoms with Gasteiger partial charge in [-0.25, -0.2) is 0 Å². The minimum absolute atomic E-state index is 0. The Labute approximate surface area is 133 Å². The maximum absolute atomic E-state index is 12.2. The van der Waals surface area contributed by atoms with E-state index in [2.05, 4.69) is 17.1 Å². The summed E-state index contributed by atoms with van der Waals surface area (Å²) in [5, 5.41) is 3.10. The average Bonchev–Trinajstić information content (AvgIpc) is 3.23. The van der Waals surface area contributed by atoms with Crippen LogP contribution in [0.5, 0.6) is 0 Å². The van der Waals surface area contributed by atoms with Crippen molar-refractivity contribution in [3.63, 3.8) is 0 Å². The first-order valence-corrected chi connectivity index (χ1v) is 6.95. The maximum atomic E-state index is 12.2. The Balaban J connectivity index is 0.00000180. The summed E-state index contributed by atoms with van der Waals surface area (Å²) in [6.07, 6.45) is 1.99. The summed E-state index contributed by atoms with van der Waals surface area (Å²) in [6.45, 7) is 7.84. The third kappa shape index (κ3) is 4.74.